The van der Waals surface area contributed by atoms with E-state index in [0.29, 0.717) is 29.5 Å². The minimum Gasteiger partial charge on any atom is -0.494 e. The van der Waals surface area contributed by atoms with Crippen molar-refractivity contribution < 1.29 is 27.1 Å². The normalized spacial score (nSPS) is 11.9. The molecule has 0 aliphatic heterocycles. The molecular formula is C29H33ClFN3O5S. The van der Waals surface area contributed by atoms with Crippen LogP contribution in [0.15, 0.2) is 77.7 Å². The van der Waals surface area contributed by atoms with Crippen molar-refractivity contribution in [2.45, 2.75) is 44.7 Å². The van der Waals surface area contributed by atoms with Gasteiger partial charge in [-0.3, -0.25) is 13.9 Å². The van der Waals surface area contributed by atoms with Gasteiger partial charge < -0.3 is 15.0 Å². The maximum Gasteiger partial charge on any atom is 0.264 e. The summed E-state index contributed by atoms with van der Waals surface area (Å²) in [7, 11) is -4.29. The van der Waals surface area contributed by atoms with E-state index in [0.717, 1.165) is 16.4 Å². The largest absolute Gasteiger partial charge is 0.494 e. The number of sulfonamides is 1. The lowest BCUT2D eigenvalue weighted by Crippen LogP contribution is -2.52. The number of likely N-dealkylation sites (N-methyl/N-ethyl adjacent to an activating group) is 1. The molecule has 0 saturated heterocycles. The molecule has 1 atom stereocenters. The summed E-state index contributed by atoms with van der Waals surface area (Å²) in [6.45, 7) is 5.46. The van der Waals surface area contributed by atoms with Crippen molar-refractivity contribution in [1.29, 1.82) is 0 Å². The molecule has 0 fully saturated rings. The number of anilines is 1. The monoisotopic (exact) mass is 589 g/mol. The van der Waals surface area contributed by atoms with E-state index >= 15 is 0 Å². The fourth-order valence-electron chi connectivity index (χ4n) is 4.16. The highest BCUT2D eigenvalue weighted by Crippen LogP contribution is 2.27. The molecule has 0 heterocycles. The van der Waals surface area contributed by atoms with Gasteiger partial charge in [-0.1, -0.05) is 36.7 Å². The van der Waals surface area contributed by atoms with Crippen LogP contribution in [0.25, 0.3) is 0 Å². The summed E-state index contributed by atoms with van der Waals surface area (Å²) in [4.78, 5) is 28.2. The number of benzene rings is 3. The number of hydrogen-bond donors (Lipinski definition) is 1. The standard InChI is InChI=1S/C29H33ClFN3O5S/c1-4-27(29(36)32-5-2)33(19-21-9-7-8-10-26(21)30)28(35)20-34(23-13-11-22(31)12-14-23)40(37,38)25-17-15-24(16-18-25)39-6-3/h7-18,27H,4-6,19-20H2,1-3H3,(H,32,36)/t27-/m0/s1. The van der Waals surface area contributed by atoms with E-state index in [1.54, 1.807) is 38.1 Å². The molecule has 0 unspecified atom stereocenters. The third-order valence-electron chi connectivity index (χ3n) is 6.15. The van der Waals surface area contributed by atoms with E-state index in [2.05, 4.69) is 5.32 Å². The molecule has 3 aromatic carbocycles. The van der Waals surface area contributed by atoms with Gasteiger partial charge >= 0.3 is 0 Å². The van der Waals surface area contributed by atoms with Crippen molar-refractivity contribution in [3.63, 3.8) is 0 Å². The zero-order valence-electron chi connectivity index (χ0n) is 22.6. The molecule has 0 aromatic heterocycles. The third kappa shape index (κ3) is 7.51. The Labute approximate surface area is 239 Å². The van der Waals surface area contributed by atoms with Gasteiger partial charge in [0.05, 0.1) is 17.2 Å². The minimum absolute atomic E-state index is 0.0193. The smallest absolute Gasteiger partial charge is 0.264 e. The van der Waals surface area contributed by atoms with Gasteiger partial charge in [-0.2, -0.15) is 0 Å². The first-order chi connectivity index (χ1) is 19.1. The molecule has 3 aromatic rings. The third-order valence-corrected chi connectivity index (χ3v) is 8.31. The lowest BCUT2D eigenvalue weighted by molar-refractivity contribution is -0.140. The van der Waals surface area contributed by atoms with Crippen molar-refractivity contribution in [2.24, 2.45) is 0 Å². The quantitative estimate of drug-likeness (QED) is 0.302. The van der Waals surface area contributed by atoms with Gasteiger partial charge in [-0.05, 0) is 80.4 Å². The summed E-state index contributed by atoms with van der Waals surface area (Å²) in [5, 5.41) is 3.15. The zero-order valence-corrected chi connectivity index (χ0v) is 24.2. The molecule has 0 saturated carbocycles. The van der Waals surface area contributed by atoms with Crippen molar-refractivity contribution in [3.8, 4) is 5.75 Å². The first-order valence-electron chi connectivity index (χ1n) is 12.9. The number of rotatable bonds is 13. The number of ether oxygens (including phenoxy) is 1. The van der Waals surface area contributed by atoms with Gasteiger partial charge in [0.1, 0.15) is 24.2 Å². The Morgan fingerprint density at radius 1 is 0.975 bits per heavy atom. The average Bonchev–Trinajstić information content (AvgIpc) is 2.93. The van der Waals surface area contributed by atoms with Gasteiger partial charge in [0.25, 0.3) is 10.0 Å². The van der Waals surface area contributed by atoms with Crippen LogP contribution in [-0.4, -0.2) is 50.9 Å². The van der Waals surface area contributed by atoms with Crippen molar-refractivity contribution in [3.05, 3.63) is 89.2 Å². The first-order valence-corrected chi connectivity index (χ1v) is 14.8. The van der Waals surface area contributed by atoms with E-state index in [1.807, 2.05) is 6.92 Å². The van der Waals surface area contributed by atoms with Gasteiger partial charge in [0, 0.05) is 18.1 Å². The number of halogens is 2. The van der Waals surface area contributed by atoms with Crippen LogP contribution in [0.2, 0.25) is 5.02 Å². The Morgan fingerprint density at radius 2 is 1.62 bits per heavy atom. The average molecular weight is 590 g/mol. The van der Waals surface area contributed by atoms with Crippen LogP contribution in [0.1, 0.15) is 32.8 Å². The zero-order chi connectivity index (χ0) is 29.3. The molecule has 11 heteroatoms. The number of nitrogens with zero attached hydrogens (tertiary/aromatic N) is 2. The highest BCUT2D eigenvalue weighted by Gasteiger charge is 2.33. The molecule has 40 heavy (non-hydrogen) atoms. The Bertz CT molecular complexity index is 1400. The van der Waals surface area contributed by atoms with Crippen LogP contribution in [0.4, 0.5) is 10.1 Å². The Kier molecular flexibility index (Phi) is 10.9. The SMILES string of the molecule is CCNC(=O)[C@H](CC)N(Cc1ccccc1Cl)C(=O)CN(c1ccc(F)cc1)S(=O)(=O)c1ccc(OCC)cc1. The highest BCUT2D eigenvalue weighted by molar-refractivity contribution is 7.92. The number of amides is 2. The first kappa shape index (κ1) is 30.9. The maximum absolute atomic E-state index is 13.9. The molecule has 1 N–H and O–H groups in total. The number of hydrogen-bond acceptors (Lipinski definition) is 5. The highest BCUT2D eigenvalue weighted by atomic mass is 35.5. The second kappa shape index (κ2) is 14.1. The summed E-state index contributed by atoms with van der Waals surface area (Å²) < 4.78 is 47.8. The number of nitrogens with one attached hydrogen (secondary N) is 1. The van der Waals surface area contributed by atoms with Crippen LogP contribution in [0.3, 0.4) is 0 Å². The Hall–Kier alpha value is -3.63. The topological polar surface area (TPSA) is 96.0 Å². The summed E-state index contributed by atoms with van der Waals surface area (Å²) in [6, 6.07) is 16.6. The fraction of sp³-hybridized carbons (Fsp3) is 0.310. The van der Waals surface area contributed by atoms with E-state index in [-0.39, 0.29) is 29.5 Å². The molecule has 214 valence electrons. The van der Waals surface area contributed by atoms with Crippen LogP contribution < -0.4 is 14.4 Å². The molecule has 3 rings (SSSR count). The maximum atomic E-state index is 13.9. The van der Waals surface area contributed by atoms with Crippen LogP contribution >= 0.6 is 11.6 Å². The summed E-state index contributed by atoms with van der Waals surface area (Å²) in [5.41, 5.74) is 0.690. The number of carbonyl (C=O) groups is 2. The molecule has 0 aliphatic rings. The van der Waals surface area contributed by atoms with E-state index in [9.17, 15) is 22.4 Å². The molecule has 0 bridgehead atoms. The summed E-state index contributed by atoms with van der Waals surface area (Å²) in [6.07, 6.45) is 0.282. The molecule has 8 nitrogen and oxygen atoms in total. The Morgan fingerprint density at radius 3 is 2.20 bits per heavy atom. The minimum atomic E-state index is -4.29. The van der Waals surface area contributed by atoms with E-state index in [4.69, 9.17) is 16.3 Å². The van der Waals surface area contributed by atoms with Gasteiger partial charge in [0.2, 0.25) is 11.8 Å². The summed E-state index contributed by atoms with van der Waals surface area (Å²) in [5.74, 6) is -1.06. The van der Waals surface area contributed by atoms with Crippen LogP contribution in [0, 0.1) is 5.82 Å². The lowest BCUT2D eigenvalue weighted by atomic mass is 10.1. The predicted molar refractivity (Wildman–Crippen MR) is 153 cm³/mol. The fourth-order valence-corrected chi connectivity index (χ4v) is 5.77. The predicted octanol–water partition coefficient (Wildman–Crippen LogP) is 5.02. The van der Waals surface area contributed by atoms with Crippen LogP contribution in [0.5, 0.6) is 5.75 Å². The van der Waals surface area contributed by atoms with Crippen LogP contribution in [-0.2, 0) is 26.2 Å². The van der Waals surface area contributed by atoms with Crippen molar-refractivity contribution in [1.82, 2.24) is 10.2 Å². The lowest BCUT2D eigenvalue weighted by Gasteiger charge is -2.33. The van der Waals surface area contributed by atoms with Gasteiger partial charge in [-0.25, -0.2) is 12.8 Å². The molecule has 2 amide bonds. The Balaban J connectivity index is 2.05. The van der Waals surface area contributed by atoms with Crippen molar-refractivity contribution >= 4 is 39.1 Å². The molecular weight excluding hydrogens is 557 g/mol. The summed E-state index contributed by atoms with van der Waals surface area (Å²) >= 11 is 6.38. The second-order valence-corrected chi connectivity index (χ2v) is 11.1. The van der Waals surface area contributed by atoms with Gasteiger partial charge in [-0.15, -0.1) is 0 Å². The molecule has 0 aliphatic carbocycles. The van der Waals surface area contributed by atoms with Crippen molar-refractivity contribution in [2.75, 3.05) is 24.0 Å². The van der Waals surface area contributed by atoms with Gasteiger partial charge in [0.15, 0.2) is 0 Å². The molecule has 0 radical (unpaired) electrons. The number of carbonyl (C=O) groups excluding carboxylic acids is 2. The van der Waals surface area contributed by atoms with E-state index < -0.39 is 34.3 Å². The molecule has 0 spiro atoms. The van der Waals surface area contributed by atoms with E-state index in [1.165, 1.54) is 41.3 Å². The second-order valence-electron chi connectivity index (χ2n) is 8.82.